The van der Waals surface area contributed by atoms with E-state index < -0.39 is 0 Å². The first-order valence-corrected chi connectivity index (χ1v) is 8.35. The quantitative estimate of drug-likeness (QED) is 0.584. The number of anilines is 1. The van der Waals surface area contributed by atoms with Crippen molar-refractivity contribution >= 4 is 33.5 Å². The highest BCUT2D eigenvalue weighted by Gasteiger charge is 2.09. The number of carbonyl (C=O) groups is 1. The highest BCUT2D eigenvalue weighted by atomic mass is 16.2. The lowest BCUT2D eigenvalue weighted by Gasteiger charge is -2.08. The second kappa shape index (κ2) is 6.36. The average Bonchev–Trinajstić information content (AvgIpc) is 3.17. The number of para-hydroxylation sites is 2. The van der Waals surface area contributed by atoms with E-state index in [1.807, 2.05) is 54.2 Å². The Morgan fingerprint density at radius 1 is 1.00 bits per heavy atom. The number of amides is 2. The van der Waals surface area contributed by atoms with Crippen LogP contribution in [0.25, 0.3) is 21.8 Å². The topological polar surface area (TPSA) is 51.0 Å². The van der Waals surface area contributed by atoms with Crippen molar-refractivity contribution in [3.63, 3.8) is 0 Å². The number of fused-ring (bicyclic) bond motifs is 2. The SMILES string of the molecule is Cn1cc(NC(=O)NCCn2ccc3ccccc32)c2ccccc21. The maximum absolute atomic E-state index is 12.2. The lowest BCUT2D eigenvalue weighted by molar-refractivity contribution is 0.252. The van der Waals surface area contributed by atoms with Crippen molar-refractivity contribution in [2.45, 2.75) is 6.54 Å². The molecular formula is C20H20N4O. The summed E-state index contributed by atoms with van der Waals surface area (Å²) >= 11 is 0. The molecule has 126 valence electrons. The molecule has 0 fully saturated rings. The molecule has 0 spiro atoms. The molecule has 2 aromatic carbocycles. The molecule has 4 rings (SSSR count). The molecule has 5 nitrogen and oxygen atoms in total. The minimum absolute atomic E-state index is 0.187. The number of nitrogens with zero attached hydrogens (tertiary/aromatic N) is 2. The third kappa shape index (κ3) is 2.96. The van der Waals surface area contributed by atoms with Crippen LogP contribution in [0.4, 0.5) is 10.5 Å². The monoisotopic (exact) mass is 332 g/mol. The normalized spacial score (nSPS) is 11.1. The van der Waals surface area contributed by atoms with Crippen molar-refractivity contribution in [2.24, 2.45) is 7.05 Å². The van der Waals surface area contributed by atoms with Crippen LogP contribution < -0.4 is 10.6 Å². The number of hydrogen-bond acceptors (Lipinski definition) is 1. The van der Waals surface area contributed by atoms with Crippen LogP contribution in [0.5, 0.6) is 0 Å². The minimum atomic E-state index is -0.187. The molecule has 0 saturated heterocycles. The summed E-state index contributed by atoms with van der Waals surface area (Å²) in [6.45, 7) is 1.30. The van der Waals surface area contributed by atoms with Gasteiger partial charge in [0.25, 0.3) is 0 Å². The van der Waals surface area contributed by atoms with Crippen molar-refractivity contribution in [1.29, 1.82) is 0 Å². The zero-order valence-corrected chi connectivity index (χ0v) is 14.1. The Kier molecular flexibility index (Phi) is 3.90. The van der Waals surface area contributed by atoms with Gasteiger partial charge >= 0.3 is 6.03 Å². The van der Waals surface area contributed by atoms with E-state index in [-0.39, 0.29) is 6.03 Å². The molecule has 0 atom stereocenters. The van der Waals surface area contributed by atoms with E-state index in [4.69, 9.17) is 0 Å². The molecule has 4 aromatic rings. The highest BCUT2D eigenvalue weighted by Crippen LogP contribution is 2.24. The van der Waals surface area contributed by atoms with Crippen molar-refractivity contribution < 1.29 is 4.79 Å². The summed E-state index contributed by atoms with van der Waals surface area (Å²) in [5.74, 6) is 0. The van der Waals surface area contributed by atoms with Gasteiger partial charge in [0.1, 0.15) is 0 Å². The van der Waals surface area contributed by atoms with Crippen LogP contribution >= 0.6 is 0 Å². The highest BCUT2D eigenvalue weighted by molar-refractivity contribution is 6.01. The lowest BCUT2D eigenvalue weighted by Crippen LogP contribution is -2.31. The number of aromatic nitrogens is 2. The number of hydrogen-bond donors (Lipinski definition) is 2. The third-order valence-corrected chi connectivity index (χ3v) is 4.46. The van der Waals surface area contributed by atoms with Crippen molar-refractivity contribution in [2.75, 3.05) is 11.9 Å². The number of rotatable bonds is 4. The summed E-state index contributed by atoms with van der Waals surface area (Å²) in [6, 6.07) is 18.2. The van der Waals surface area contributed by atoms with Crippen LogP contribution in [-0.4, -0.2) is 21.7 Å². The summed E-state index contributed by atoms with van der Waals surface area (Å²) in [7, 11) is 1.97. The van der Waals surface area contributed by atoms with Gasteiger partial charge in [0.2, 0.25) is 0 Å². The molecule has 2 aromatic heterocycles. The van der Waals surface area contributed by atoms with Crippen LogP contribution in [0.3, 0.4) is 0 Å². The summed E-state index contributed by atoms with van der Waals surface area (Å²) in [4.78, 5) is 12.2. The van der Waals surface area contributed by atoms with Crippen molar-refractivity contribution in [1.82, 2.24) is 14.5 Å². The van der Waals surface area contributed by atoms with E-state index in [1.54, 1.807) is 0 Å². The molecule has 0 saturated carbocycles. The van der Waals surface area contributed by atoms with E-state index in [2.05, 4.69) is 39.6 Å². The van der Waals surface area contributed by atoms with Crippen LogP contribution in [0.2, 0.25) is 0 Å². The molecule has 0 unspecified atom stereocenters. The first-order valence-electron chi connectivity index (χ1n) is 8.35. The first kappa shape index (κ1) is 15.3. The predicted octanol–water partition coefficient (Wildman–Crippen LogP) is 3.95. The maximum atomic E-state index is 12.2. The lowest BCUT2D eigenvalue weighted by atomic mass is 10.2. The first-order chi connectivity index (χ1) is 12.2. The van der Waals surface area contributed by atoms with Gasteiger partial charge in [-0.1, -0.05) is 36.4 Å². The van der Waals surface area contributed by atoms with Gasteiger partial charge in [0.05, 0.1) is 5.69 Å². The molecule has 0 radical (unpaired) electrons. The van der Waals surface area contributed by atoms with Gasteiger partial charge < -0.3 is 19.8 Å². The predicted molar refractivity (Wildman–Crippen MR) is 102 cm³/mol. The Bertz CT molecular complexity index is 1040. The summed E-state index contributed by atoms with van der Waals surface area (Å²) in [6.07, 6.45) is 3.98. The fraction of sp³-hybridized carbons (Fsp3) is 0.150. The molecule has 5 heteroatoms. The standard InChI is InChI=1S/C20H20N4O/c1-23-14-17(16-7-3-5-9-19(16)23)22-20(25)21-11-13-24-12-10-15-6-2-4-8-18(15)24/h2-10,12,14H,11,13H2,1H3,(H2,21,22,25). The smallest absolute Gasteiger partial charge is 0.319 e. The number of nitrogens with one attached hydrogen (secondary N) is 2. The van der Waals surface area contributed by atoms with E-state index in [0.29, 0.717) is 6.54 Å². The van der Waals surface area contributed by atoms with Crippen LogP contribution in [0, 0.1) is 0 Å². The molecule has 25 heavy (non-hydrogen) atoms. The number of aryl methyl sites for hydroxylation is 1. The molecular weight excluding hydrogens is 312 g/mol. The maximum Gasteiger partial charge on any atom is 0.319 e. The van der Waals surface area contributed by atoms with Gasteiger partial charge in [-0.3, -0.25) is 0 Å². The van der Waals surface area contributed by atoms with Crippen molar-refractivity contribution in [3.8, 4) is 0 Å². The molecule has 0 aliphatic rings. The molecule has 0 aliphatic carbocycles. The Balaban J connectivity index is 1.39. The van der Waals surface area contributed by atoms with E-state index in [1.165, 1.54) is 10.9 Å². The fourth-order valence-corrected chi connectivity index (χ4v) is 3.23. The summed E-state index contributed by atoms with van der Waals surface area (Å²) in [5, 5.41) is 8.12. The minimum Gasteiger partial charge on any atom is -0.348 e. The Labute approximate surface area is 145 Å². The number of benzene rings is 2. The van der Waals surface area contributed by atoms with Crippen molar-refractivity contribution in [3.05, 3.63) is 67.0 Å². The Hall–Kier alpha value is -3.21. The van der Waals surface area contributed by atoms with E-state index in [0.717, 1.165) is 23.1 Å². The van der Waals surface area contributed by atoms with Gasteiger partial charge in [-0.15, -0.1) is 0 Å². The van der Waals surface area contributed by atoms with Gasteiger partial charge in [-0.05, 0) is 23.6 Å². The van der Waals surface area contributed by atoms with Gasteiger partial charge in [-0.25, -0.2) is 4.79 Å². The van der Waals surface area contributed by atoms with Gasteiger partial charge in [-0.2, -0.15) is 0 Å². The molecule has 2 N–H and O–H groups in total. The second-order valence-corrected chi connectivity index (χ2v) is 6.12. The molecule has 0 aliphatic heterocycles. The molecule has 2 amide bonds. The second-order valence-electron chi connectivity index (χ2n) is 6.12. The van der Waals surface area contributed by atoms with Gasteiger partial charge in [0.15, 0.2) is 0 Å². The number of urea groups is 1. The molecule has 0 bridgehead atoms. The van der Waals surface area contributed by atoms with Crippen LogP contribution in [-0.2, 0) is 13.6 Å². The number of carbonyl (C=O) groups excluding carboxylic acids is 1. The zero-order valence-electron chi connectivity index (χ0n) is 14.1. The largest absolute Gasteiger partial charge is 0.348 e. The summed E-state index contributed by atoms with van der Waals surface area (Å²) in [5.41, 5.74) is 3.09. The average molecular weight is 332 g/mol. The third-order valence-electron chi connectivity index (χ3n) is 4.46. The summed E-state index contributed by atoms with van der Waals surface area (Å²) < 4.78 is 4.16. The van der Waals surface area contributed by atoms with E-state index >= 15 is 0 Å². The van der Waals surface area contributed by atoms with Crippen LogP contribution in [0.1, 0.15) is 0 Å². The van der Waals surface area contributed by atoms with Gasteiger partial charge in [0, 0.05) is 49.0 Å². The van der Waals surface area contributed by atoms with E-state index in [9.17, 15) is 4.79 Å². The van der Waals surface area contributed by atoms with Crippen LogP contribution in [0.15, 0.2) is 67.0 Å². The molecule has 2 heterocycles. The Morgan fingerprint density at radius 2 is 1.76 bits per heavy atom. The Morgan fingerprint density at radius 3 is 2.64 bits per heavy atom. The zero-order chi connectivity index (χ0) is 17.2. The fourth-order valence-electron chi connectivity index (χ4n) is 3.23.